The van der Waals surface area contributed by atoms with E-state index in [2.05, 4.69) is 15.0 Å². The standard InChI is InChI=1S/C12H15N3O5/c1-19-9-4-3-8(15(17)18)11(14-9)12(5-6-12)13-7-10(16)20-2/h3-4,13H,5-7H2,1-2H3. The summed E-state index contributed by atoms with van der Waals surface area (Å²) in [5, 5.41) is 14.1. The maximum absolute atomic E-state index is 11.2. The minimum atomic E-state index is -0.648. The number of hydrogen-bond donors (Lipinski definition) is 1. The summed E-state index contributed by atoms with van der Waals surface area (Å²) < 4.78 is 9.56. The highest BCUT2D eigenvalue weighted by molar-refractivity contribution is 5.71. The monoisotopic (exact) mass is 281 g/mol. The smallest absolute Gasteiger partial charge is 0.319 e. The summed E-state index contributed by atoms with van der Waals surface area (Å²) in [6, 6.07) is 2.80. The molecular weight excluding hydrogens is 266 g/mol. The molecule has 2 rings (SSSR count). The molecule has 1 heterocycles. The molecule has 1 aromatic heterocycles. The molecule has 8 nitrogen and oxygen atoms in total. The zero-order chi connectivity index (χ0) is 14.8. The molecule has 20 heavy (non-hydrogen) atoms. The summed E-state index contributed by atoms with van der Waals surface area (Å²) in [5.74, 6) is -0.126. The number of hydrogen-bond acceptors (Lipinski definition) is 7. The average Bonchev–Trinajstić information content (AvgIpc) is 3.25. The minimum absolute atomic E-state index is 0.0213. The average molecular weight is 281 g/mol. The number of nitrogens with one attached hydrogen (secondary N) is 1. The van der Waals surface area contributed by atoms with Crippen LogP contribution < -0.4 is 10.1 Å². The highest BCUT2D eigenvalue weighted by Gasteiger charge is 2.50. The molecule has 0 aliphatic heterocycles. The minimum Gasteiger partial charge on any atom is -0.481 e. The third-order valence-electron chi connectivity index (χ3n) is 3.26. The quantitative estimate of drug-likeness (QED) is 0.466. The van der Waals surface area contributed by atoms with Crippen molar-refractivity contribution >= 4 is 11.7 Å². The fourth-order valence-corrected chi connectivity index (χ4v) is 1.98. The molecule has 0 bridgehead atoms. The number of nitrogens with zero attached hydrogens (tertiary/aromatic N) is 2. The molecule has 1 aliphatic rings. The van der Waals surface area contributed by atoms with Crippen LogP contribution in [0.1, 0.15) is 18.5 Å². The third kappa shape index (κ3) is 2.69. The SMILES string of the molecule is COC(=O)CNC1(c2nc(OC)ccc2[N+](=O)[O-])CC1. The number of methoxy groups -OCH3 is 2. The summed E-state index contributed by atoms with van der Waals surface area (Å²) in [7, 11) is 2.73. The van der Waals surface area contributed by atoms with Gasteiger partial charge >= 0.3 is 5.97 Å². The molecule has 0 atom stereocenters. The highest BCUT2D eigenvalue weighted by atomic mass is 16.6. The first-order valence-electron chi connectivity index (χ1n) is 6.04. The molecule has 0 amide bonds. The van der Waals surface area contributed by atoms with Crippen LogP contribution in [-0.2, 0) is 15.1 Å². The maximum Gasteiger partial charge on any atom is 0.319 e. The molecule has 0 aromatic carbocycles. The Bertz CT molecular complexity index is 542. The number of rotatable bonds is 6. The van der Waals surface area contributed by atoms with Crippen molar-refractivity contribution in [1.82, 2.24) is 10.3 Å². The lowest BCUT2D eigenvalue weighted by molar-refractivity contribution is -0.386. The molecule has 0 saturated heterocycles. The summed E-state index contributed by atoms with van der Waals surface area (Å²) in [5.41, 5.74) is -0.433. The molecule has 0 spiro atoms. The van der Waals surface area contributed by atoms with Gasteiger partial charge < -0.3 is 9.47 Å². The van der Waals surface area contributed by atoms with E-state index < -0.39 is 16.4 Å². The van der Waals surface area contributed by atoms with E-state index in [1.807, 2.05) is 0 Å². The van der Waals surface area contributed by atoms with Crippen molar-refractivity contribution in [2.45, 2.75) is 18.4 Å². The van der Waals surface area contributed by atoms with E-state index in [9.17, 15) is 14.9 Å². The zero-order valence-electron chi connectivity index (χ0n) is 11.2. The van der Waals surface area contributed by atoms with E-state index in [4.69, 9.17) is 4.74 Å². The van der Waals surface area contributed by atoms with Crippen LogP contribution in [0, 0.1) is 10.1 Å². The Labute approximate surface area is 115 Å². The van der Waals surface area contributed by atoms with Gasteiger partial charge in [-0.05, 0) is 12.8 Å². The number of ether oxygens (including phenoxy) is 2. The van der Waals surface area contributed by atoms with Crippen molar-refractivity contribution in [3.63, 3.8) is 0 Å². The van der Waals surface area contributed by atoms with Gasteiger partial charge in [0.05, 0.1) is 31.2 Å². The van der Waals surface area contributed by atoms with E-state index in [1.165, 1.54) is 26.4 Å². The first kappa shape index (κ1) is 14.2. The molecule has 0 unspecified atom stereocenters. The van der Waals surface area contributed by atoms with Crippen LogP contribution >= 0.6 is 0 Å². The normalized spacial score (nSPS) is 15.5. The van der Waals surface area contributed by atoms with Gasteiger partial charge in [-0.2, -0.15) is 0 Å². The van der Waals surface area contributed by atoms with E-state index >= 15 is 0 Å². The van der Waals surface area contributed by atoms with Crippen LogP contribution in [0.15, 0.2) is 12.1 Å². The second-order valence-corrected chi connectivity index (χ2v) is 4.49. The Morgan fingerprint density at radius 3 is 2.70 bits per heavy atom. The molecular formula is C12H15N3O5. The van der Waals surface area contributed by atoms with Gasteiger partial charge in [-0.15, -0.1) is 0 Å². The largest absolute Gasteiger partial charge is 0.481 e. The number of pyridine rings is 1. The molecule has 1 N–H and O–H groups in total. The van der Waals surface area contributed by atoms with Gasteiger partial charge in [0.15, 0.2) is 0 Å². The Morgan fingerprint density at radius 1 is 1.50 bits per heavy atom. The lowest BCUT2D eigenvalue weighted by atomic mass is 10.1. The van der Waals surface area contributed by atoms with Crippen molar-refractivity contribution in [3.8, 4) is 5.88 Å². The fourth-order valence-electron chi connectivity index (χ4n) is 1.98. The fraction of sp³-hybridized carbons (Fsp3) is 0.500. The predicted octanol–water partition coefficient (Wildman–Crippen LogP) is 0.750. The van der Waals surface area contributed by atoms with E-state index in [1.54, 1.807) is 0 Å². The van der Waals surface area contributed by atoms with Gasteiger partial charge in [0, 0.05) is 12.1 Å². The maximum atomic E-state index is 11.2. The molecule has 0 radical (unpaired) electrons. The number of aromatic nitrogens is 1. The molecule has 8 heteroatoms. The van der Waals surface area contributed by atoms with Crippen LogP contribution in [0.5, 0.6) is 5.88 Å². The molecule has 108 valence electrons. The Kier molecular flexibility index (Phi) is 3.84. The zero-order valence-corrected chi connectivity index (χ0v) is 11.2. The summed E-state index contributed by atoms with van der Waals surface area (Å²) in [6.07, 6.45) is 1.34. The number of carbonyl (C=O) groups excluding carboxylic acids is 1. The van der Waals surface area contributed by atoms with Crippen molar-refractivity contribution in [2.24, 2.45) is 0 Å². The van der Waals surface area contributed by atoms with E-state index in [0.29, 0.717) is 24.4 Å². The summed E-state index contributed by atoms with van der Waals surface area (Å²) in [4.78, 5) is 26.0. The van der Waals surface area contributed by atoms with Crippen LogP contribution in [0.4, 0.5) is 5.69 Å². The van der Waals surface area contributed by atoms with Gasteiger partial charge in [0.1, 0.15) is 5.69 Å². The van der Waals surface area contributed by atoms with Crippen LogP contribution in [0.25, 0.3) is 0 Å². The van der Waals surface area contributed by atoms with Gasteiger partial charge in [0.2, 0.25) is 5.88 Å². The van der Waals surface area contributed by atoms with Crippen molar-refractivity contribution in [3.05, 3.63) is 27.9 Å². The Morgan fingerprint density at radius 2 is 2.20 bits per heavy atom. The number of carbonyl (C=O) groups is 1. The van der Waals surface area contributed by atoms with Gasteiger partial charge in [0.25, 0.3) is 5.69 Å². The Balaban J connectivity index is 2.30. The van der Waals surface area contributed by atoms with Crippen LogP contribution in [-0.4, -0.2) is 36.6 Å². The second kappa shape index (κ2) is 5.41. The first-order chi connectivity index (χ1) is 9.52. The molecule has 1 saturated carbocycles. The number of nitro groups is 1. The molecule has 1 fully saturated rings. The van der Waals surface area contributed by atoms with Crippen molar-refractivity contribution in [2.75, 3.05) is 20.8 Å². The predicted molar refractivity (Wildman–Crippen MR) is 68.4 cm³/mol. The highest BCUT2D eigenvalue weighted by Crippen LogP contribution is 2.48. The third-order valence-corrected chi connectivity index (χ3v) is 3.26. The molecule has 1 aliphatic carbocycles. The van der Waals surface area contributed by atoms with Gasteiger partial charge in [-0.3, -0.25) is 20.2 Å². The first-order valence-corrected chi connectivity index (χ1v) is 6.04. The summed E-state index contributed by atoms with van der Waals surface area (Å²) in [6.45, 7) is -0.0213. The summed E-state index contributed by atoms with van der Waals surface area (Å²) >= 11 is 0. The lowest BCUT2D eigenvalue weighted by Gasteiger charge is -2.16. The van der Waals surface area contributed by atoms with E-state index in [0.717, 1.165) is 0 Å². The Hall–Kier alpha value is -2.22. The van der Waals surface area contributed by atoms with Crippen molar-refractivity contribution < 1.29 is 19.2 Å². The number of esters is 1. The van der Waals surface area contributed by atoms with Crippen molar-refractivity contribution in [1.29, 1.82) is 0 Å². The van der Waals surface area contributed by atoms with E-state index in [-0.39, 0.29) is 12.2 Å². The van der Waals surface area contributed by atoms with Gasteiger partial charge in [-0.1, -0.05) is 0 Å². The lowest BCUT2D eigenvalue weighted by Crippen LogP contribution is -2.35. The molecule has 1 aromatic rings. The second-order valence-electron chi connectivity index (χ2n) is 4.49. The van der Waals surface area contributed by atoms with Crippen LogP contribution in [0.3, 0.4) is 0 Å². The van der Waals surface area contributed by atoms with Gasteiger partial charge in [-0.25, -0.2) is 4.98 Å². The topological polar surface area (TPSA) is 104 Å². The van der Waals surface area contributed by atoms with Crippen LogP contribution in [0.2, 0.25) is 0 Å².